The van der Waals surface area contributed by atoms with Gasteiger partial charge in [0.15, 0.2) is 0 Å². The smallest absolute Gasteiger partial charge is 0.251 e. The van der Waals surface area contributed by atoms with Crippen LogP contribution >= 0.6 is 0 Å². The standard InChI is InChI=1S/C17H24N2O3/c1-3-15(14-7-5-4-6-8-14)17(22)19-11-9-18(10-12-19)16(21)13(2)20/h4-8,13,15,20H,3,9-12H2,1-2H3. The van der Waals surface area contributed by atoms with Crippen molar-refractivity contribution in [2.45, 2.75) is 32.3 Å². The Kier molecular flexibility index (Phi) is 5.55. The van der Waals surface area contributed by atoms with Gasteiger partial charge in [-0.1, -0.05) is 37.3 Å². The molecule has 0 radical (unpaired) electrons. The Labute approximate surface area is 131 Å². The number of carbonyl (C=O) groups excluding carboxylic acids is 2. The average Bonchev–Trinajstić information content (AvgIpc) is 2.56. The number of amides is 2. The maximum absolute atomic E-state index is 12.7. The van der Waals surface area contributed by atoms with Crippen molar-refractivity contribution in [1.29, 1.82) is 0 Å². The Bertz CT molecular complexity index is 508. The molecule has 0 aliphatic carbocycles. The van der Waals surface area contributed by atoms with Gasteiger partial charge in [0, 0.05) is 26.2 Å². The molecule has 1 heterocycles. The highest BCUT2D eigenvalue weighted by atomic mass is 16.3. The number of piperazine rings is 1. The lowest BCUT2D eigenvalue weighted by molar-refractivity contribution is -0.145. The summed E-state index contributed by atoms with van der Waals surface area (Å²) in [5, 5.41) is 9.35. The number of benzene rings is 1. The van der Waals surface area contributed by atoms with E-state index in [2.05, 4.69) is 0 Å². The molecule has 2 atom stereocenters. The molecule has 120 valence electrons. The molecule has 0 saturated carbocycles. The number of hydrogen-bond acceptors (Lipinski definition) is 3. The van der Waals surface area contributed by atoms with Gasteiger partial charge in [-0.3, -0.25) is 9.59 Å². The second-order valence-electron chi connectivity index (χ2n) is 5.70. The number of aliphatic hydroxyl groups is 1. The van der Waals surface area contributed by atoms with Crippen LogP contribution in [0.25, 0.3) is 0 Å². The average molecular weight is 304 g/mol. The van der Waals surface area contributed by atoms with Crippen molar-refractivity contribution < 1.29 is 14.7 Å². The van der Waals surface area contributed by atoms with E-state index in [4.69, 9.17) is 0 Å². The Balaban J connectivity index is 1.98. The molecule has 1 fully saturated rings. The van der Waals surface area contributed by atoms with Crippen LogP contribution in [0.4, 0.5) is 0 Å². The van der Waals surface area contributed by atoms with Crippen molar-refractivity contribution in [3.8, 4) is 0 Å². The van der Waals surface area contributed by atoms with Gasteiger partial charge in [-0.25, -0.2) is 0 Å². The number of carbonyl (C=O) groups is 2. The fraction of sp³-hybridized carbons (Fsp3) is 0.529. The van der Waals surface area contributed by atoms with E-state index < -0.39 is 6.10 Å². The number of hydrogen-bond donors (Lipinski definition) is 1. The molecule has 2 amide bonds. The molecular formula is C17H24N2O3. The Hall–Kier alpha value is -1.88. The molecule has 1 N–H and O–H groups in total. The van der Waals surface area contributed by atoms with Gasteiger partial charge in [0.25, 0.3) is 5.91 Å². The summed E-state index contributed by atoms with van der Waals surface area (Å²) in [5.74, 6) is -0.264. The zero-order valence-electron chi connectivity index (χ0n) is 13.2. The van der Waals surface area contributed by atoms with E-state index in [0.717, 1.165) is 12.0 Å². The van der Waals surface area contributed by atoms with Crippen molar-refractivity contribution in [2.24, 2.45) is 0 Å². The summed E-state index contributed by atoms with van der Waals surface area (Å²) in [6.45, 7) is 5.52. The molecule has 0 spiro atoms. The Morgan fingerprint density at radius 1 is 1.05 bits per heavy atom. The molecule has 0 bridgehead atoms. The van der Waals surface area contributed by atoms with Gasteiger partial charge in [-0.05, 0) is 18.9 Å². The number of aliphatic hydroxyl groups excluding tert-OH is 1. The maximum atomic E-state index is 12.7. The normalized spacial score (nSPS) is 18.0. The molecule has 2 rings (SSSR count). The summed E-state index contributed by atoms with van der Waals surface area (Å²) < 4.78 is 0. The summed E-state index contributed by atoms with van der Waals surface area (Å²) in [4.78, 5) is 27.9. The van der Waals surface area contributed by atoms with E-state index in [0.29, 0.717) is 26.2 Å². The lowest BCUT2D eigenvalue weighted by atomic mass is 9.95. The van der Waals surface area contributed by atoms with Crippen LogP contribution < -0.4 is 0 Å². The monoisotopic (exact) mass is 304 g/mol. The largest absolute Gasteiger partial charge is 0.384 e. The van der Waals surface area contributed by atoms with Crippen molar-refractivity contribution in [3.63, 3.8) is 0 Å². The highest BCUT2D eigenvalue weighted by Gasteiger charge is 2.29. The van der Waals surface area contributed by atoms with E-state index in [1.807, 2.05) is 42.2 Å². The van der Waals surface area contributed by atoms with Crippen LogP contribution in [-0.2, 0) is 9.59 Å². The zero-order chi connectivity index (χ0) is 16.1. The minimum atomic E-state index is -0.977. The highest BCUT2D eigenvalue weighted by Crippen LogP contribution is 2.22. The molecule has 1 aliphatic rings. The third kappa shape index (κ3) is 3.65. The van der Waals surface area contributed by atoms with Crippen molar-refractivity contribution >= 4 is 11.8 Å². The molecule has 1 aromatic carbocycles. The second kappa shape index (κ2) is 7.40. The van der Waals surface area contributed by atoms with Gasteiger partial charge in [-0.2, -0.15) is 0 Å². The van der Waals surface area contributed by atoms with Crippen molar-refractivity contribution in [2.75, 3.05) is 26.2 Å². The number of rotatable bonds is 4. The summed E-state index contributed by atoms with van der Waals surface area (Å²) in [5.41, 5.74) is 1.04. The lowest BCUT2D eigenvalue weighted by Crippen LogP contribution is -2.53. The van der Waals surface area contributed by atoms with Gasteiger partial charge < -0.3 is 14.9 Å². The van der Waals surface area contributed by atoms with Crippen LogP contribution in [0, 0.1) is 0 Å². The Morgan fingerprint density at radius 3 is 2.00 bits per heavy atom. The SMILES string of the molecule is CCC(C(=O)N1CCN(C(=O)C(C)O)CC1)c1ccccc1. The van der Waals surface area contributed by atoms with Crippen LogP contribution in [0.1, 0.15) is 31.7 Å². The summed E-state index contributed by atoms with van der Waals surface area (Å²) in [6.07, 6.45) is -0.217. The van der Waals surface area contributed by atoms with Crippen LogP contribution in [0.2, 0.25) is 0 Å². The fourth-order valence-electron chi connectivity index (χ4n) is 2.87. The van der Waals surface area contributed by atoms with Crippen LogP contribution in [0.15, 0.2) is 30.3 Å². The third-order valence-electron chi connectivity index (χ3n) is 4.17. The first-order valence-electron chi connectivity index (χ1n) is 7.85. The minimum Gasteiger partial charge on any atom is -0.384 e. The first kappa shape index (κ1) is 16.5. The van der Waals surface area contributed by atoms with E-state index in [9.17, 15) is 14.7 Å². The minimum absolute atomic E-state index is 0.123. The maximum Gasteiger partial charge on any atom is 0.251 e. The molecule has 22 heavy (non-hydrogen) atoms. The van der Waals surface area contributed by atoms with Crippen molar-refractivity contribution in [1.82, 2.24) is 9.80 Å². The molecule has 0 aromatic heterocycles. The summed E-state index contributed by atoms with van der Waals surface area (Å²) in [7, 11) is 0. The quantitative estimate of drug-likeness (QED) is 0.910. The zero-order valence-corrected chi connectivity index (χ0v) is 13.2. The van der Waals surface area contributed by atoms with Crippen LogP contribution in [0.3, 0.4) is 0 Å². The van der Waals surface area contributed by atoms with Gasteiger partial charge in [-0.15, -0.1) is 0 Å². The molecular weight excluding hydrogens is 280 g/mol. The number of nitrogens with zero attached hydrogens (tertiary/aromatic N) is 2. The molecule has 1 aliphatic heterocycles. The van der Waals surface area contributed by atoms with Gasteiger partial charge in [0.1, 0.15) is 6.10 Å². The highest BCUT2D eigenvalue weighted by molar-refractivity contribution is 5.84. The predicted molar refractivity (Wildman–Crippen MR) is 84.3 cm³/mol. The first-order valence-corrected chi connectivity index (χ1v) is 7.85. The van der Waals surface area contributed by atoms with E-state index in [1.165, 1.54) is 6.92 Å². The fourth-order valence-corrected chi connectivity index (χ4v) is 2.87. The van der Waals surface area contributed by atoms with Gasteiger partial charge in [0.05, 0.1) is 5.92 Å². The van der Waals surface area contributed by atoms with E-state index >= 15 is 0 Å². The third-order valence-corrected chi connectivity index (χ3v) is 4.17. The van der Waals surface area contributed by atoms with Crippen LogP contribution in [0.5, 0.6) is 0 Å². The second-order valence-corrected chi connectivity index (χ2v) is 5.70. The van der Waals surface area contributed by atoms with Gasteiger partial charge in [0.2, 0.25) is 5.91 Å². The summed E-state index contributed by atoms with van der Waals surface area (Å²) in [6, 6.07) is 9.81. The molecule has 1 aromatic rings. The first-order chi connectivity index (χ1) is 10.5. The van der Waals surface area contributed by atoms with Crippen LogP contribution in [-0.4, -0.2) is 59.0 Å². The molecule has 1 saturated heterocycles. The van der Waals surface area contributed by atoms with E-state index in [1.54, 1.807) is 4.90 Å². The topological polar surface area (TPSA) is 60.9 Å². The predicted octanol–water partition coefficient (Wildman–Crippen LogP) is 1.23. The van der Waals surface area contributed by atoms with Gasteiger partial charge >= 0.3 is 0 Å². The molecule has 5 nitrogen and oxygen atoms in total. The van der Waals surface area contributed by atoms with Crippen molar-refractivity contribution in [3.05, 3.63) is 35.9 Å². The van der Waals surface area contributed by atoms with E-state index in [-0.39, 0.29) is 17.7 Å². The lowest BCUT2D eigenvalue weighted by Gasteiger charge is -2.37. The molecule has 5 heteroatoms. The summed E-state index contributed by atoms with van der Waals surface area (Å²) >= 11 is 0. The Morgan fingerprint density at radius 2 is 1.55 bits per heavy atom. The molecule has 2 unspecified atom stereocenters.